The number of hydrogen-bond acceptors (Lipinski definition) is 4. The summed E-state index contributed by atoms with van der Waals surface area (Å²) in [6.45, 7) is 0.318. The Morgan fingerprint density at radius 1 is 1.69 bits per heavy atom. The molecule has 1 amide bonds. The molecule has 0 unspecified atom stereocenters. The van der Waals surface area contributed by atoms with Gasteiger partial charge in [0.15, 0.2) is 0 Å². The summed E-state index contributed by atoms with van der Waals surface area (Å²) in [6.07, 6.45) is 2.98. The molecule has 84 valence electrons. The van der Waals surface area contributed by atoms with Crippen molar-refractivity contribution < 1.29 is 4.79 Å². The number of carbonyl (C=O) groups is 1. The molecule has 6 heteroatoms. The van der Waals surface area contributed by atoms with E-state index in [1.165, 1.54) is 28.1 Å². The van der Waals surface area contributed by atoms with Gasteiger partial charge in [0.2, 0.25) is 5.91 Å². The van der Waals surface area contributed by atoms with Crippen molar-refractivity contribution in [2.45, 2.75) is 13.0 Å². The van der Waals surface area contributed by atoms with Gasteiger partial charge >= 0.3 is 0 Å². The molecule has 0 saturated heterocycles. The summed E-state index contributed by atoms with van der Waals surface area (Å²) < 4.78 is 1.23. The standard InChI is InChI=1S/C10H12N4O2/c1-13(6-2-4-11)10(16)7-14-8-12-5-3-9(14)15/h3,5,8H,2,6-7H2,1H3. The Hall–Kier alpha value is -2.16. The summed E-state index contributed by atoms with van der Waals surface area (Å²) in [5, 5.41) is 8.38. The fourth-order valence-electron chi connectivity index (χ4n) is 1.11. The van der Waals surface area contributed by atoms with E-state index in [0.29, 0.717) is 6.54 Å². The number of likely N-dealkylation sites (N-methyl/N-ethyl adjacent to an activating group) is 1. The highest BCUT2D eigenvalue weighted by Gasteiger charge is 2.09. The molecule has 1 rings (SSSR count). The smallest absolute Gasteiger partial charge is 0.253 e. The van der Waals surface area contributed by atoms with Crippen LogP contribution in [0.4, 0.5) is 0 Å². The number of nitrogens with zero attached hydrogens (tertiary/aromatic N) is 4. The predicted octanol–water partition coefficient (Wildman–Crippen LogP) is -0.385. The zero-order valence-electron chi connectivity index (χ0n) is 8.96. The van der Waals surface area contributed by atoms with Crippen LogP contribution in [0.2, 0.25) is 0 Å². The molecular weight excluding hydrogens is 208 g/mol. The molecule has 0 aliphatic heterocycles. The van der Waals surface area contributed by atoms with Gasteiger partial charge in [-0.3, -0.25) is 14.2 Å². The Balaban J connectivity index is 2.62. The van der Waals surface area contributed by atoms with E-state index in [9.17, 15) is 9.59 Å². The van der Waals surface area contributed by atoms with Gasteiger partial charge in [-0.1, -0.05) is 0 Å². The van der Waals surface area contributed by atoms with Crippen LogP contribution in [0, 0.1) is 11.3 Å². The van der Waals surface area contributed by atoms with E-state index in [0.717, 1.165) is 0 Å². The molecule has 1 heterocycles. The number of hydrogen-bond donors (Lipinski definition) is 0. The minimum absolute atomic E-state index is 0.0470. The van der Waals surface area contributed by atoms with E-state index in [1.807, 2.05) is 6.07 Å². The van der Waals surface area contributed by atoms with Gasteiger partial charge in [-0.05, 0) is 0 Å². The summed E-state index contributed by atoms with van der Waals surface area (Å²) in [4.78, 5) is 28.1. The third-order valence-corrected chi connectivity index (χ3v) is 2.08. The van der Waals surface area contributed by atoms with E-state index in [2.05, 4.69) is 4.98 Å². The molecule has 16 heavy (non-hydrogen) atoms. The zero-order chi connectivity index (χ0) is 12.0. The second-order valence-corrected chi connectivity index (χ2v) is 3.27. The Labute approximate surface area is 92.7 Å². The summed E-state index contributed by atoms with van der Waals surface area (Å²) >= 11 is 0. The SMILES string of the molecule is CN(CCC#N)C(=O)Cn1cnccc1=O. The lowest BCUT2D eigenvalue weighted by molar-refractivity contribution is -0.130. The monoisotopic (exact) mass is 220 g/mol. The number of nitriles is 1. The topological polar surface area (TPSA) is 79.0 Å². The van der Waals surface area contributed by atoms with Gasteiger partial charge in [0, 0.05) is 25.9 Å². The largest absolute Gasteiger partial charge is 0.343 e. The number of amides is 1. The average Bonchev–Trinajstić information content (AvgIpc) is 2.28. The molecule has 0 aliphatic carbocycles. The summed E-state index contributed by atoms with van der Waals surface area (Å²) in [5.41, 5.74) is -0.267. The fraction of sp³-hybridized carbons (Fsp3) is 0.400. The summed E-state index contributed by atoms with van der Waals surface area (Å²) in [7, 11) is 1.60. The van der Waals surface area contributed by atoms with Crippen LogP contribution in [0.5, 0.6) is 0 Å². The van der Waals surface area contributed by atoms with Gasteiger partial charge in [-0.25, -0.2) is 4.98 Å². The van der Waals surface area contributed by atoms with Gasteiger partial charge in [-0.2, -0.15) is 5.26 Å². The van der Waals surface area contributed by atoms with Crippen LogP contribution in [0.25, 0.3) is 0 Å². The summed E-state index contributed by atoms with van der Waals surface area (Å²) in [6, 6.07) is 3.25. The lowest BCUT2D eigenvalue weighted by Gasteiger charge is -2.15. The molecule has 1 aromatic rings. The number of carbonyl (C=O) groups excluding carboxylic acids is 1. The van der Waals surface area contributed by atoms with Crippen molar-refractivity contribution >= 4 is 5.91 Å². The maximum atomic E-state index is 11.6. The van der Waals surface area contributed by atoms with Crippen LogP contribution < -0.4 is 5.56 Å². The Bertz CT molecular complexity index is 460. The molecule has 0 aromatic carbocycles. The van der Waals surface area contributed by atoms with Gasteiger partial charge < -0.3 is 4.90 Å². The Morgan fingerprint density at radius 2 is 2.44 bits per heavy atom. The van der Waals surface area contributed by atoms with Gasteiger partial charge in [0.25, 0.3) is 5.56 Å². The van der Waals surface area contributed by atoms with E-state index in [1.54, 1.807) is 7.05 Å². The molecule has 0 N–H and O–H groups in total. The van der Waals surface area contributed by atoms with Crippen molar-refractivity contribution in [1.82, 2.24) is 14.5 Å². The molecule has 0 radical (unpaired) electrons. The first-order chi connectivity index (χ1) is 7.65. The highest BCUT2D eigenvalue weighted by molar-refractivity contribution is 5.75. The lowest BCUT2D eigenvalue weighted by atomic mass is 10.4. The minimum atomic E-state index is -0.267. The first-order valence-electron chi connectivity index (χ1n) is 4.76. The maximum absolute atomic E-state index is 11.6. The average molecular weight is 220 g/mol. The van der Waals surface area contributed by atoms with Gasteiger partial charge in [0.1, 0.15) is 6.54 Å². The maximum Gasteiger partial charge on any atom is 0.253 e. The molecule has 0 saturated carbocycles. The van der Waals surface area contributed by atoms with Crippen LogP contribution in [0.15, 0.2) is 23.4 Å². The second-order valence-electron chi connectivity index (χ2n) is 3.27. The van der Waals surface area contributed by atoms with E-state index < -0.39 is 0 Å². The predicted molar refractivity (Wildman–Crippen MR) is 56.4 cm³/mol. The van der Waals surface area contributed by atoms with Crippen molar-refractivity contribution in [3.05, 3.63) is 28.9 Å². The van der Waals surface area contributed by atoms with Crippen molar-refractivity contribution in [2.24, 2.45) is 0 Å². The van der Waals surface area contributed by atoms with Crippen LogP contribution in [0.1, 0.15) is 6.42 Å². The fourth-order valence-corrected chi connectivity index (χ4v) is 1.11. The van der Waals surface area contributed by atoms with Crippen LogP contribution in [-0.4, -0.2) is 34.0 Å². The molecule has 0 spiro atoms. The Kier molecular flexibility index (Phi) is 4.21. The first kappa shape index (κ1) is 11.9. The molecular formula is C10H12N4O2. The van der Waals surface area contributed by atoms with Crippen molar-refractivity contribution in [3.8, 4) is 6.07 Å². The van der Waals surface area contributed by atoms with E-state index >= 15 is 0 Å². The molecule has 0 fully saturated rings. The summed E-state index contributed by atoms with van der Waals surface area (Å²) in [5.74, 6) is -0.217. The third kappa shape index (κ3) is 3.20. The molecule has 6 nitrogen and oxygen atoms in total. The number of aromatic nitrogens is 2. The minimum Gasteiger partial charge on any atom is -0.343 e. The molecule has 1 aromatic heterocycles. The number of rotatable bonds is 4. The highest BCUT2D eigenvalue weighted by Crippen LogP contribution is 1.90. The van der Waals surface area contributed by atoms with Crippen molar-refractivity contribution in [3.63, 3.8) is 0 Å². The quantitative estimate of drug-likeness (QED) is 0.692. The Morgan fingerprint density at radius 3 is 3.06 bits per heavy atom. The van der Waals surface area contributed by atoms with Crippen molar-refractivity contribution in [2.75, 3.05) is 13.6 Å². The molecule has 0 aliphatic rings. The van der Waals surface area contributed by atoms with Crippen LogP contribution in [-0.2, 0) is 11.3 Å². The molecule has 0 bridgehead atoms. The van der Waals surface area contributed by atoms with Crippen molar-refractivity contribution in [1.29, 1.82) is 5.26 Å². The zero-order valence-corrected chi connectivity index (χ0v) is 8.96. The normalized spacial score (nSPS) is 9.50. The van der Waals surface area contributed by atoms with Gasteiger partial charge in [-0.15, -0.1) is 0 Å². The van der Waals surface area contributed by atoms with Gasteiger partial charge in [0.05, 0.1) is 18.8 Å². The van der Waals surface area contributed by atoms with E-state index in [4.69, 9.17) is 5.26 Å². The lowest BCUT2D eigenvalue weighted by Crippen LogP contribution is -2.34. The second kappa shape index (κ2) is 5.66. The highest BCUT2D eigenvalue weighted by atomic mass is 16.2. The molecule has 0 atom stereocenters. The first-order valence-corrected chi connectivity index (χ1v) is 4.76. The van der Waals surface area contributed by atoms with E-state index in [-0.39, 0.29) is 24.4 Å². The van der Waals surface area contributed by atoms with Crippen LogP contribution >= 0.6 is 0 Å². The van der Waals surface area contributed by atoms with Crippen LogP contribution in [0.3, 0.4) is 0 Å². The third-order valence-electron chi connectivity index (χ3n) is 2.08.